The van der Waals surface area contributed by atoms with Gasteiger partial charge in [-0.25, -0.2) is 8.42 Å². The van der Waals surface area contributed by atoms with E-state index in [4.69, 9.17) is 11.6 Å². The largest absolute Gasteiger partial charge is 0.484 e. The highest BCUT2D eigenvalue weighted by molar-refractivity contribution is 7.92. The summed E-state index contributed by atoms with van der Waals surface area (Å²) in [7, 11) is -2.07. The molecule has 0 saturated heterocycles. The first-order chi connectivity index (χ1) is 13.5. The second kappa shape index (κ2) is 7.96. The van der Waals surface area contributed by atoms with Crippen LogP contribution < -0.4 is 15.4 Å². The van der Waals surface area contributed by atoms with Gasteiger partial charge in [0.25, 0.3) is 0 Å². The zero-order valence-corrected chi connectivity index (χ0v) is 17.3. The number of carbonyl (C=O) groups excluding carboxylic acids is 1. The molecule has 0 unspecified atom stereocenters. The molecule has 2 atom stereocenters. The highest BCUT2D eigenvalue weighted by Crippen LogP contribution is 2.38. The molecule has 29 heavy (non-hydrogen) atoms. The highest BCUT2D eigenvalue weighted by Gasteiger charge is 2.45. The second-order valence-electron chi connectivity index (χ2n) is 7.49. The van der Waals surface area contributed by atoms with Crippen molar-refractivity contribution in [2.75, 3.05) is 13.7 Å². The Balaban J connectivity index is 1.67. The minimum Gasteiger partial charge on any atom is -0.484 e. The number of carbonyl (C=O) groups is 1. The number of hydrogen-bond acceptors (Lipinski definition) is 5. The first kappa shape index (κ1) is 22.2. The van der Waals surface area contributed by atoms with E-state index in [-0.39, 0.29) is 33.7 Å². The van der Waals surface area contributed by atoms with Crippen LogP contribution in [0.3, 0.4) is 0 Å². The lowest BCUT2D eigenvalue weighted by Gasteiger charge is -2.19. The first-order valence-electron chi connectivity index (χ1n) is 9.20. The quantitative estimate of drug-likeness (QED) is 0.619. The fraction of sp³-hybridized carbons (Fsp3) is 0.611. The predicted molar refractivity (Wildman–Crippen MR) is 100 cm³/mol. The van der Waals surface area contributed by atoms with E-state index in [9.17, 15) is 26.4 Å². The summed E-state index contributed by atoms with van der Waals surface area (Å²) < 4.78 is 67.3. The summed E-state index contributed by atoms with van der Waals surface area (Å²) in [5.74, 6) is -0.748. The van der Waals surface area contributed by atoms with Gasteiger partial charge >= 0.3 is 6.18 Å². The number of ether oxygens (including phenoxy) is 1. The average Bonchev–Trinajstić information content (AvgIpc) is 3.21. The van der Waals surface area contributed by atoms with E-state index in [1.807, 2.05) is 0 Å². The van der Waals surface area contributed by atoms with Crippen molar-refractivity contribution in [1.82, 2.24) is 10.6 Å². The predicted octanol–water partition coefficient (Wildman–Crippen LogP) is 3.05. The summed E-state index contributed by atoms with van der Waals surface area (Å²) in [6.07, 6.45) is -1.90. The van der Waals surface area contributed by atoms with Gasteiger partial charge in [-0.05, 0) is 51.3 Å². The van der Waals surface area contributed by atoms with Crippen LogP contribution in [0, 0.1) is 5.92 Å². The Labute approximate surface area is 172 Å². The summed E-state index contributed by atoms with van der Waals surface area (Å²) in [5, 5.41) is 5.01. The van der Waals surface area contributed by atoms with Gasteiger partial charge in [0.1, 0.15) is 5.75 Å². The zero-order valence-electron chi connectivity index (χ0n) is 15.7. The van der Waals surface area contributed by atoms with Crippen molar-refractivity contribution in [3.63, 3.8) is 0 Å². The van der Waals surface area contributed by atoms with Crippen LogP contribution in [0.1, 0.15) is 32.1 Å². The lowest BCUT2D eigenvalue weighted by atomic mass is 10.1. The Kier molecular flexibility index (Phi) is 6.08. The summed E-state index contributed by atoms with van der Waals surface area (Å²) in [6, 6.07) is 3.35. The van der Waals surface area contributed by atoms with E-state index in [1.54, 1.807) is 7.05 Å². The minimum atomic E-state index is -4.51. The van der Waals surface area contributed by atoms with Gasteiger partial charge < -0.3 is 10.1 Å². The van der Waals surface area contributed by atoms with Crippen molar-refractivity contribution in [2.45, 2.75) is 54.1 Å². The Hall–Kier alpha value is -1.52. The van der Waals surface area contributed by atoms with Gasteiger partial charge in [0.2, 0.25) is 5.91 Å². The molecule has 0 bridgehead atoms. The number of nitrogens with one attached hydrogen (secondary N) is 2. The topological polar surface area (TPSA) is 84.5 Å². The Bertz CT molecular complexity index is 888. The first-order valence-corrected chi connectivity index (χ1v) is 11.1. The van der Waals surface area contributed by atoms with E-state index >= 15 is 0 Å². The van der Waals surface area contributed by atoms with Gasteiger partial charge in [-0.1, -0.05) is 11.6 Å². The SMILES string of the molecule is CNC1(NC(=O)[C@@H]2CC[C@@H](S(=O)(=O)c3ccc(OCC(F)(F)F)cc3Cl)C2)CC1. The third-order valence-electron chi connectivity index (χ3n) is 5.40. The number of alkyl halides is 3. The van der Waals surface area contributed by atoms with Crippen LogP contribution in [-0.4, -0.2) is 45.1 Å². The van der Waals surface area contributed by atoms with E-state index in [0.717, 1.165) is 31.0 Å². The standard InChI is InChI=1S/C18H22ClF3N2O4S/c1-23-17(6-7-17)24-16(25)11-2-4-13(8-11)29(26,27)15-5-3-12(9-14(15)19)28-10-18(20,21)22/h3,5,9,11,13,23H,2,4,6-8,10H2,1H3,(H,24,25)/t11-,13-/m1/s1. The summed E-state index contributed by atoms with van der Waals surface area (Å²) in [4.78, 5) is 12.3. The van der Waals surface area contributed by atoms with E-state index in [2.05, 4.69) is 15.4 Å². The van der Waals surface area contributed by atoms with Crippen LogP contribution in [0.2, 0.25) is 5.02 Å². The van der Waals surface area contributed by atoms with Crippen molar-refractivity contribution in [2.24, 2.45) is 5.92 Å². The number of sulfone groups is 1. The molecule has 162 valence electrons. The fourth-order valence-corrected chi connectivity index (χ4v) is 5.88. The molecule has 2 N–H and O–H groups in total. The van der Waals surface area contributed by atoms with Crippen LogP contribution in [0.15, 0.2) is 23.1 Å². The maximum atomic E-state index is 13.0. The molecular weight excluding hydrogens is 433 g/mol. The number of hydrogen-bond donors (Lipinski definition) is 2. The van der Waals surface area contributed by atoms with Crippen molar-refractivity contribution in [3.05, 3.63) is 23.2 Å². The van der Waals surface area contributed by atoms with Crippen LogP contribution in [0.5, 0.6) is 5.75 Å². The van der Waals surface area contributed by atoms with Crippen LogP contribution in [0.4, 0.5) is 13.2 Å². The van der Waals surface area contributed by atoms with Gasteiger partial charge in [-0.3, -0.25) is 10.1 Å². The maximum absolute atomic E-state index is 13.0. The smallest absolute Gasteiger partial charge is 0.422 e. The van der Waals surface area contributed by atoms with Gasteiger partial charge in [-0.15, -0.1) is 0 Å². The molecule has 11 heteroatoms. The normalized spacial score (nSPS) is 23.6. The lowest BCUT2D eigenvalue weighted by Crippen LogP contribution is -2.48. The van der Waals surface area contributed by atoms with Gasteiger partial charge in [0, 0.05) is 12.0 Å². The number of rotatable bonds is 7. The molecule has 1 aromatic rings. The van der Waals surface area contributed by atoms with Crippen molar-refractivity contribution >= 4 is 27.3 Å². The van der Waals surface area contributed by atoms with Gasteiger partial charge in [0.15, 0.2) is 16.4 Å². The molecule has 0 spiro atoms. The van der Waals surface area contributed by atoms with E-state index in [1.165, 1.54) is 0 Å². The number of benzene rings is 1. The van der Waals surface area contributed by atoms with Crippen LogP contribution in [0.25, 0.3) is 0 Å². The molecule has 0 aliphatic heterocycles. The Morgan fingerprint density at radius 3 is 2.55 bits per heavy atom. The van der Waals surface area contributed by atoms with Crippen molar-refractivity contribution in [3.8, 4) is 5.75 Å². The fourth-order valence-electron chi connectivity index (χ4n) is 3.51. The lowest BCUT2D eigenvalue weighted by molar-refractivity contribution is -0.153. The third-order valence-corrected chi connectivity index (χ3v) is 8.10. The number of amides is 1. The van der Waals surface area contributed by atoms with Crippen molar-refractivity contribution < 1.29 is 31.1 Å². The molecule has 3 rings (SSSR count). The van der Waals surface area contributed by atoms with Crippen LogP contribution in [-0.2, 0) is 14.6 Å². The molecule has 0 radical (unpaired) electrons. The molecule has 0 aromatic heterocycles. The molecule has 1 amide bonds. The monoisotopic (exact) mass is 454 g/mol. The molecule has 2 aliphatic rings. The molecule has 1 aromatic carbocycles. The van der Waals surface area contributed by atoms with E-state index in [0.29, 0.717) is 12.8 Å². The third kappa shape index (κ3) is 5.16. The molecule has 6 nitrogen and oxygen atoms in total. The Morgan fingerprint density at radius 2 is 2.00 bits per heavy atom. The molecule has 0 heterocycles. The van der Waals surface area contributed by atoms with Gasteiger partial charge in [-0.2, -0.15) is 13.2 Å². The average molecular weight is 455 g/mol. The zero-order chi connectivity index (χ0) is 21.4. The summed E-state index contributed by atoms with van der Waals surface area (Å²) >= 11 is 6.03. The molecular formula is C18H22ClF3N2O4S. The molecule has 2 saturated carbocycles. The summed E-state index contributed by atoms with van der Waals surface area (Å²) in [6.45, 7) is -1.50. The molecule has 2 aliphatic carbocycles. The van der Waals surface area contributed by atoms with Crippen molar-refractivity contribution in [1.29, 1.82) is 0 Å². The highest BCUT2D eigenvalue weighted by atomic mass is 35.5. The Morgan fingerprint density at radius 1 is 1.31 bits per heavy atom. The minimum absolute atomic E-state index is 0.168. The van der Waals surface area contributed by atoms with Gasteiger partial charge in [0.05, 0.1) is 20.8 Å². The molecule has 2 fully saturated rings. The number of halogens is 4. The van der Waals surface area contributed by atoms with Crippen LogP contribution >= 0.6 is 11.6 Å². The summed E-state index contributed by atoms with van der Waals surface area (Å²) in [5.41, 5.74) is -0.371. The maximum Gasteiger partial charge on any atom is 0.422 e. The second-order valence-corrected chi connectivity index (χ2v) is 10.1. The van der Waals surface area contributed by atoms with E-state index < -0.39 is 33.8 Å².